The molecule has 0 unspecified atom stereocenters. The van der Waals surface area contributed by atoms with E-state index < -0.39 is 4.92 Å². The summed E-state index contributed by atoms with van der Waals surface area (Å²) in [4.78, 5) is 21.4. The van der Waals surface area contributed by atoms with Crippen LogP contribution in [-0.4, -0.2) is 33.5 Å². The summed E-state index contributed by atoms with van der Waals surface area (Å²) in [5.74, 6) is 1.32. The molecule has 19 heavy (non-hydrogen) atoms. The highest BCUT2D eigenvalue weighted by Crippen LogP contribution is 2.24. The second kappa shape index (κ2) is 5.80. The van der Waals surface area contributed by atoms with Crippen molar-refractivity contribution in [3.63, 3.8) is 0 Å². The van der Waals surface area contributed by atoms with E-state index in [1.54, 1.807) is 12.4 Å². The maximum Gasteiger partial charge on any atom is 0.311 e. The van der Waals surface area contributed by atoms with Crippen LogP contribution in [0, 0.1) is 10.1 Å². The topological polar surface area (TPSA) is 106 Å². The fraction of sp³-hybridized carbons (Fsp3) is 0.273. The summed E-state index contributed by atoms with van der Waals surface area (Å²) < 4.78 is 4.95. The van der Waals surface area contributed by atoms with Crippen LogP contribution in [0.1, 0.15) is 5.82 Å². The minimum absolute atomic E-state index is 0.0831. The third-order valence-corrected chi connectivity index (χ3v) is 2.46. The lowest BCUT2D eigenvalue weighted by atomic mass is 10.3. The summed E-state index contributed by atoms with van der Waals surface area (Å²) in [5.41, 5.74) is -0.0831. The van der Waals surface area contributed by atoms with E-state index in [-0.39, 0.29) is 11.5 Å². The number of aromatic amines is 1. The maximum atomic E-state index is 10.9. The van der Waals surface area contributed by atoms with E-state index in [4.69, 9.17) is 4.74 Å². The van der Waals surface area contributed by atoms with E-state index in [0.29, 0.717) is 18.8 Å². The van der Waals surface area contributed by atoms with Gasteiger partial charge < -0.3 is 15.0 Å². The number of nitrogens with one attached hydrogen (secondary N) is 2. The maximum absolute atomic E-state index is 10.9. The number of imidazole rings is 1. The SMILES string of the molecule is COc1ccc([N+](=O)[O-])c(NCCc2ncc[nH]2)n1. The summed E-state index contributed by atoms with van der Waals surface area (Å²) >= 11 is 0. The largest absolute Gasteiger partial charge is 0.481 e. The molecule has 0 aliphatic carbocycles. The van der Waals surface area contributed by atoms with Gasteiger partial charge in [-0.1, -0.05) is 0 Å². The number of anilines is 1. The Morgan fingerprint density at radius 2 is 2.37 bits per heavy atom. The lowest BCUT2D eigenvalue weighted by Gasteiger charge is -2.06. The van der Waals surface area contributed by atoms with Gasteiger partial charge in [-0.3, -0.25) is 10.1 Å². The molecule has 0 aliphatic rings. The molecule has 0 aromatic carbocycles. The first kappa shape index (κ1) is 12.8. The Kier molecular flexibility index (Phi) is 3.91. The van der Waals surface area contributed by atoms with E-state index in [1.807, 2.05) is 0 Å². The second-order valence-corrected chi connectivity index (χ2v) is 3.69. The van der Waals surface area contributed by atoms with Gasteiger partial charge in [0.15, 0.2) is 0 Å². The first-order valence-electron chi connectivity index (χ1n) is 5.62. The lowest BCUT2D eigenvalue weighted by Crippen LogP contribution is -2.09. The van der Waals surface area contributed by atoms with Crippen LogP contribution in [-0.2, 0) is 6.42 Å². The van der Waals surface area contributed by atoms with Gasteiger partial charge in [-0.15, -0.1) is 0 Å². The number of methoxy groups -OCH3 is 1. The number of nitro groups is 1. The predicted molar refractivity (Wildman–Crippen MR) is 68.2 cm³/mol. The lowest BCUT2D eigenvalue weighted by molar-refractivity contribution is -0.384. The Hall–Kier alpha value is -2.64. The Labute approximate surface area is 109 Å². The van der Waals surface area contributed by atoms with Crippen molar-refractivity contribution in [2.75, 3.05) is 19.0 Å². The second-order valence-electron chi connectivity index (χ2n) is 3.69. The molecule has 2 aromatic heterocycles. The average Bonchev–Trinajstić information content (AvgIpc) is 2.91. The summed E-state index contributed by atoms with van der Waals surface area (Å²) in [6, 6.07) is 2.82. The Balaban J connectivity index is 2.06. The Morgan fingerprint density at radius 1 is 1.53 bits per heavy atom. The van der Waals surface area contributed by atoms with E-state index >= 15 is 0 Å². The van der Waals surface area contributed by atoms with Crippen LogP contribution in [0.2, 0.25) is 0 Å². The molecule has 0 atom stereocenters. The molecule has 0 fully saturated rings. The standard InChI is InChI=1S/C11H13N5O3/c1-19-10-3-2-8(16(17)18)11(15-10)14-5-4-9-12-6-7-13-9/h2-3,6-7H,4-5H2,1H3,(H,12,13)(H,14,15). The third kappa shape index (κ3) is 3.18. The number of nitrogens with zero attached hydrogens (tertiary/aromatic N) is 3. The minimum atomic E-state index is -0.484. The molecule has 0 bridgehead atoms. The van der Waals surface area contributed by atoms with Crippen LogP contribution in [0.15, 0.2) is 24.5 Å². The van der Waals surface area contributed by atoms with Gasteiger partial charge in [0.05, 0.1) is 12.0 Å². The first-order valence-corrected chi connectivity index (χ1v) is 5.62. The van der Waals surface area contributed by atoms with Crippen LogP contribution >= 0.6 is 0 Å². The number of hydrogen-bond acceptors (Lipinski definition) is 6. The van der Waals surface area contributed by atoms with Gasteiger partial charge in [0.25, 0.3) is 0 Å². The van der Waals surface area contributed by atoms with Crippen molar-refractivity contribution in [3.8, 4) is 5.88 Å². The van der Waals surface area contributed by atoms with Crippen LogP contribution in [0.25, 0.3) is 0 Å². The van der Waals surface area contributed by atoms with E-state index in [2.05, 4.69) is 20.3 Å². The van der Waals surface area contributed by atoms with Gasteiger partial charge in [-0.25, -0.2) is 4.98 Å². The number of pyridine rings is 1. The summed E-state index contributed by atoms with van der Waals surface area (Å²) in [7, 11) is 1.46. The molecule has 0 radical (unpaired) electrons. The van der Waals surface area contributed by atoms with Gasteiger partial charge in [-0.2, -0.15) is 4.98 Å². The normalized spacial score (nSPS) is 10.2. The summed E-state index contributed by atoms with van der Waals surface area (Å²) in [6.07, 6.45) is 3.99. The van der Waals surface area contributed by atoms with E-state index in [1.165, 1.54) is 19.2 Å². The van der Waals surface area contributed by atoms with Crippen LogP contribution in [0.3, 0.4) is 0 Å². The smallest absolute Gasteiger partial charge is 0.311 e. The molecule has 100 valence electrons. The zero-order chi connectivity index (χ0) is 13.7. The first-order chi connectivity index (χ1) is 9.20. The van der Waals surface area contributed by atoms with Gasteiger partial charge in [0.2, 0.25) is 11.7 Å². The molecule has 2 N–H and O–H groups in total. The van der Waals surface area contributed by atoms with Crippen molar-refractivity contribution in [3.05, 3.63) is 40.5 Å². The van der Waals surface area contributed by atoms with Gasteiger partial charge in [-0.05, 0) is 0 Å². The number of H-pyrrole nitrogens is 1. The predicted octanol–water partition coefficient (Wildman–Crippen LogP) is 1.38. The number of ether oxygens (including phenoxy) is 1. The molecule has 0 saturated carbocycles. The van der Waals surface area contributed by atoms with Crippen molar-refractivity contribution >= 4 is 11.5 Å². The molecule has 8 nitrogen and oxygen atoms in total. The molecule has 8 heteroatoms. The number of rotatable bonds is 6. The van der Waals surface area contributed by atoms with E-state index in [9.17, 15) is 10.1 Å². The average molecular weight is 263 g/mol. The van der Waals surface area contributed by atoms with Crippen molar-refractivity contribution in [1.29, 1.82) is 0 Å². The summed E-state index contributed by atoms with van der Waals surface area (Å²) in [6.45, 7) is 0.481. The van der Waals surface area contributed by atoms with Crippen LogP contribution in [0.5, 0.6) is 5.88 Å². The highest BCUT2D eigenvalue weighted by Gasteiger charge is 2.15. The zero-order valence-corrected chi connectivity index (χ0v) is 10.3. The van der Waals surface area contributed by atoms with Gasteiger partial charge in [0.1, 0.15) is 5.82 Å². The Morgan fingerprint density at radius 3 is 3.00 bits per heavy atom. The molecule has 2 rings (SSSR count). The molecular weight excluding hydrogens is 250 g/mol. The zero-order valence-electron chi connectivity index (χ0n) is 10.3. The molecule has 0 spiro atoms. The van der Waals surface area contributed by atoms with Crippen LogP contribution < -0.4 is 10.1 Å². The number of aromatic nitrogens is 3. The molecule has 0 saturated heterocycles. The fourth-order valence-electron chi connectivity index (χ4n) is 1.56. The van der Waals surface area contributed by atoms with Crippen molar-refractivity contribution < 1.29 is 9.66 Å². The van der Waals surface area contributed by atoms with Gasteiger partial charge in [0, 0.05) is 37.5 Å². The monoisotopic (exact) mass is 263 g/mol. The molecule has 2 heterocycles. The highest BCUT2D eigenvalue weighted by atomic mass is 16.6. The van der Waals surface area contributed by atoms with Crippen molar-refractivity contribution in [2.24, 2.45) is 0 Å². The van der Waals surface area contributed by atoms with Crippen molar-refractivity contribution in [2.45, 2.75) is 6.42 Å². The minimum Gasteiger partial charge on any atom is -0.481 e. The Bertz CT molecular complexity index is 555. The molecule has 2 aromatic rings. The van der Waals surface area contributed by atoms with E-state index in [0.717, 1.165) is 5.82 Å². The molecule has 0 aliphatic heterocycles. The van der Waals surface area contributed by atoms with Crippen molar-refractivity contribution in [1.82, 2.24) is 15.0 Å². The highest BCUT2D eigenvalue weighted by molar-refractivity contribution is 5.57. The quantitative estimate of drug-likeness (QED) is 0.602. The fourth-order valence-corrected chi connectivity index (χ4v) is 1.56. The number of hydrogen-bond donors (Lipinski definition) is 2. The molecular formula is C11H13N5O3. The third-order valence-electron chi connectivity index (χ3n) is 2.46. The van der Waals surface area contributed by atoms with Gasteiger partial charge >= 0.3 is 5.69 Å². The van der Waals surface area contributed by atoms with Crippen LogP contribution in [0.4, 0.5) is 11.5 Å². The molecule has 0 amide bonds. The summed E-state index contributed by atoms with van der Waals surface area (Å²) in [5, 5.41) is 13.8.